The molecule has 0 saturated heterocycles. The van der Waals surface area contributed by atoms with Crippen LogP contribution in [0.2, 0.25) is 0 Å². The summed E-state index contributed by atoms with van der Waals surface area (Å²) in [5.74, 6) is -0.966. The molecule has 2 aromatic carbocycles. The van der Waals surface area contributed by atoms with Crippen molar-refractivity contribution in [3.05, 3.63) is 53.6 Å². The molecule has 0 bridgehead atoms. The van der Waals surface area contributed by atoms with Gasteiger partial charge in [-0.05, 0) is 0 Å². The van der Waals surface area contributed by atoms with E-state index in [0.717, 1.165) is 12.1 Å². The van der Waals surface area contributed by atoms with Gasteiger partial charge in [0.1, 0.15) is 17.1 Å². The van der Waals surface area contributed by atoms with E-state index in [2.05, 4.69) is 4.18 Å². The molecule has 0 fully saturated rings. The van der Waals surface area contributed by atoms with Gasteiger partial charge in [-0.1, -0.05) is 30.3 Å². The maximum Gasteiger partial charge on any atom is 0.196 e. The van der Waals surface area contributed by atoms with Crippen LogP contribution in [0.5, 0.6) is 17.2 Å². The molecule has 1 atom stereocenters. The van der Waals surface area contributed by atoms with Gasteiger partial charge in [-0.3, -0.25) is 4.79 Å². The van der Waals surface area contributed by atoms with Crippen LogP contribution in [0.4, 0.5) is 0 Å². The second-order valence-corrected chi connectivity index (χ2v) is 4.58. The number of phenolic OH excluding ortho intramolecular Hbond substituents is 1. The monoisotopic (exact) mass is 361 g/mol. The zero-order chi connectivity index (χ0) is 15.4. The number of ether oxygens (including phenoxy) is 1. The number of hydrogen-bond donors (Lipinski definition) is 1. The van der Waals surface area contributed by atoms with Gasteiger partial charge in [0.05, 0.1) is 12.7 Å². The summed E-state index contributed by atoms with van der Waals surface area (Å²) in [4.78, 5) is 12.3. The lowest BCUT2D eigenvalue weighted by molar-refractivity contribution is 0.103. The van der Waals surface area contributed by atoms with E-state index in [1.807, 2.05) is 0 Å². The van der Waals surface area contributed by atoms with Crippen molar-refractivity contribution in [1.82, 2.24) is 0 Å². The third-order valence-corrected chi connectivity index (χ3v) is 3.04. The zero-order valence-electron chi connectivity index (χ0n) is 12.4. The van der Waals surface area contributed by atoms with Crippen molar-refractivity contribution in [1.29, 1.82) is 0 Å². The standard InChI is InChI=1S/C14H12O6S.3H2O/c1-19-12-8-11(15)10(7-13(12)20-21(17)18)14(16)9-5-3-2-4-6-9;;;/h2-8,15H,1H3,(H,17,18);3*1H2/p-1. The molecule has 24 heavy (non-hydrogen) atoms. The second-order valence-electron chi connectivity index (χ2n) is 4.00. The van der Waals surface area contributed by atoms with Crippen molar-refractivity contribution in [3.8, 4) is 17.2 Å². The van der Waals surface area contributed by atoms with E-state index in [-0.39, 0.29) is 39.2 Å². The van der Waals surface area contributed by atoms with E-state index in [0.29, 0.717) is 5.56 Å². The Kier molecular flexibility index (Phi) is 10.2. The van der Waals surface area contributed by atoms with Crippen LogP contribution in [-0.2, 0) is 11.4 Å². The number of aromatic hydroxyl groups is 1. The van der Waals surface area contributed by atoms with Gasteiger partial charge in [0.15, 0.2) is 17.3 Å². The van der Waals surface area contributed by atoms with Gasteiger partial charge in [-0.15, -0.1) is 0 Å². The van der Waals surface area contributed by atoms with E-state index in [1.54, 1.807) is 30.3 Å². The average molecular weight is 361 g/mol. The third-order valence-electron chi connectivity index (χ3n) is 2.72. The molecule has 0 amide bonds. The molecule has 0 aromatic heterocycles. The quantitative estimate of drug-likeness (QED) is 0.542. The zero-order valence-corrected chi connectivity index (χ0v) is 13.3. The van der Waals surface area contributed by atoms with E-state index >= 15 is 0 Å². The lowest BCUT2D eigenvalue weighted by Gasteiger charge is -2.13. The topological polar surface area (TPSA) is 190 Å². The smallest absolute Gasteiger partial charge is 0.196 e. The fourth-order valence-corrected chi connectivity index (χ4v) is 2.05. The summed E-state index contributed by atoms with van der Waals surface area (Å²) in [6, 6.07) is 10.5. The van der Waals surface area contributed by atoms with Gasteiger partial charge in [0, 0.05) is 17.7 Å². The molecule has 2 rings (SSSR count). The first kappa shape index (κ1) is 23.8. The Morgan fingerprint density at radius 3 is 2.17 bits per heavy atom. The molecule has 0 saturated carbocycles. The van der Waals surface area contributed by atoms with Crippen LogP contribution in [-0.4, -0.2) is 43.2 Å². The molecule has 0 radical (unpaired) electrons. The minimum absolute atomic E-state index is 0. The SMILES string of the molecule is COc1cc(O)c(C(=O)c2ccccc2)cc1OS(=O)[O-].O.O.O. The number of carbonyl (C=O) groups is 1. The molecule has 9 nitrogen and oxygen atoms in total. The number of methoxy groups -OCH3 is 1. The summed E-state index contributed by atoms with van der Waals surface area (Å²) in [6.45, 7) is 0. The highest BCUT2D eigenvalue weighted by molar-refractivity contribution is 7.74. The summed E-state index contributed by atoms with van der Waals surface area (Å²) < 4.78 is 30.7. The van der Waals surface area contributed by atoms with Crippen LogP contribution < -0.4 is 8.92 Å². The van der Waals surface area contributed by atoms with Crippen molar-refractivity contribution < 1.29 is 44.0 Å². The van der Waals surface area contributed by atoms with Gasteiger partial charge in [0.2, 0.25) is 0 Å². The molecular formula is C14H17O9S-. The molecule has 10 heteroatoms. The highest BCUT2D eigenvalue weighted by atomic mass is 32.2. The van der Waals surface area contributed by atoms with Crippen molar-refractivity contribution in [2.24, 2.45) is 0 Å². The fourth-order valence-electron chi connectivity index (χ4n) is 1.77. The van der Waals surface area contributed by atoms with E-state index in [1.165, 1.54) is 7.11 Å². The van der Waals surface area contributed by atoms with Crippen molar-refractivity contribution >= 4 is 17.1 Å². The maximum absolute atomic E-state index is 12.3. The molecule has 0 aliphatic heterocycles. The van der Waals surface area contributed by atoms with Gasteiger partial charge in [-0.2, -0.15) is 0 Å². The number of hydrogen-bond acceptors (Lipinski definition) is 6. The van der Waals surface area contributed by atoms with Crippen LogP contribution in [0, 0.1) is 0 Å². The lowest BCUT2D eigenvalue weighted by Crippen LogP contribution is -2.05. The molecule has 0 aliphatic rings. The number of benzene rings is 2. The summed E-state index contributed by atoms with van der Waals surface area (Å²) in [5, 5.41) is 9.90. The molecule has 2 aromatic rings. The maximum atomic E-state index is 12.3. The Hall–Kier alpha value is -2.50. The predicted molar refractivity (Wildman–Crippen MR) is 84.9 cm³/mol. The highest BCUT2D eigenvalue weighted by Gasteiger charge is 2.18. The first-order valence-corrected chi connectivity index (χ1v) is 6.81. The Morgan fingerprint density at radius 2 is 1.67 bits per heavy atom. The predicted octanol–water partition coefficient (Wildman–Crippen LogP) is -0.669. The van der Waals surface area contributed by atoms with Crippen LogP contribution >= 0.6 is 0 Å². The minimum Gasteiger partial charge on any atom is -0.740 e. The highest BCUT2D eigenvalue weighted by Crippen LogP contribution is 2.35. The largest absolute Gasteiger partial charge is 0.740 e. The lowest BCUT2D eigenvalue weighted by atomic mass is 10.0. The summed E-state index contributed by atoms with van der Waals surface area (Å²) in [7, 11) is 1.29. The van der Waals surface area contributed by atoms with Gasteiger partial charge >= 0.3 is 0 Å². The Balaban J connectivity index is 0. The average Bonchev–Trinajstić information content (AvgIpc) is 2.48. The Labute approximate surface area is 139 Å². The number of rotatable bonds is 5. The molecular weight excluding hydrogens is 344 g/mol. The minimum atomic E-state index is -2.82. The van der Waals surface area contributed by atoms with Crippen molar-refractivity contribution in [2.45, 2.75) is 0 Å². The van der Waals surface area contributed by atoms with Gasteiger partial charge in [0.25, 0.3) is 0 Å². The van der Waals surface area contributed by atoms with Crippen molar-refractivity contribution in [3.63, 3.8) is 0 Å². The summed E-state index contributed by atoms with van der Waals surface area (Å²) in [6.07, 6.45) is 0. The van der Waals surface area contributed by atoms with Crippen LogP contribution in [0.1, 0.15) is 15.9 Å². The normalized spacial score (nSPS) is 10.2. The molecule has 1 unspecified atom stereocenters. The molecule has 7 N–H and O–H groups in total. The van der Waals surface area contributed by atoms with Crippen LogP contribution in [0.25, 0.3) is 0 Å². The third kappa shape index (κ3) is 5.30. The first-order valence-electron chi connectivity index (χ1n) is 5.81. The van der Waals surface area contributed by atoms with Gasteiger partial charge in [-0.25, -0.2) is 4.21 Å². The number of carbonyl (C=O) groups excluding carboxylic acids is 1. The molecule has 0 spiro atoms. The molecule has 0 aliphatic carbocycles. The Bertz CT molecular complexity index is 688. The second kappa shape index (κ2) is 10.3. The van der Waals surface area contributed by atoms with Crippen molar-refractivity contribution in [2.75, 3.05) is 7.11 Å². The summed E-state index contributed by atoms with van der Waals surface area (Å²) in [5.41, 5.74) is 0.273. The summed E-state index contributed by atoms with van der Waals surface area (Å²) >= 11 is -2.82. The van der Waals surface area contributed by atoms with E-state index < -0.39 is 17.1 Å². The Morgan fingerprint density at radius 1 is 1.08 bits per heavy atom. The molecule has 0 heterocycles. The molecule has 134 valence electrons. The van der Waals surface area contributed by atoms with Crippen LogP contribution in [0.3, 0.4) is 0 Å². The van der Waals surface area contributed by atoms with Crippen LogP contribution in [0.15, 0.2) is 42.5 Å². The fraction of sp³-hybridized carbons (Fsp3) is 0.0714. The number of phenols is 1. The van der Waals surface area contributed by atoms with Gasteiger partial charge < -0.3 is 35.0 Å². The van der Waals surface area contributed by atoms with E-state index in [9.17, 15) is 18.7 Å². The van der Waals surface area contributed by atoms with E-state index in [4.69, 9.17) is 4.74 Å². The number of ketones is 1. The first-order chi connectivity index (χ1) is 10.0.